The Morgan fingerprint density at radius 2 is 1.96 bits per heavy atom. The predicted octanol–water partition coefficient (Wildman–Crippen LogP) is 2.86. The maximum atomic E-state index is 12.3. The summed E-state index contributed by atoms with van der Waals surface area (Å²) in [6.45, 7) is 1.82. The van der Waals surface area contributed by atoms with E-state index in [1.807, 2.05) is 31.2 Å². The number of hydrogen-bond acceptors (Lipinski definition) is 5. The van der Waals surface area contributed by atoms with Crippen LogP contribution in [0.1, 0.15) is 56.8 Å². The number of carbonyl (C=O) groups is 1. The number of H-pyrrole nitrogens is 1. The third kappa shape index (κ3) is 5.35. The molecule has 0 radical (unpaired) electrons. The van der Waals surface area contributed by atoms with Crippen LogP contribution >= 0.6 is 0 Å². The number of anilines is 1. The topological polar surface area (TPSA) is 92.8 Å². The van der Waals surface area contributed by atoms with Crippen molar-refractivity contribution in [3.8, 4) is 0 Å². The first-order valence-corrected chi connectivity index (χ1v) is 8.98. The fourth-order valence-corrected chi connectivity index (χ4v) is 3.12. The quantitative estimate of drug-likeness (QED) is 0.787. The van der Waals surface area contributed by atoms with Gasteiger partial charge in [0.1, 0.15) is 6.10 Å². The molecule has 1 aliphatic carbocycles. The number of nitrogens with one attached hydrogen (secondary N) is 2. The number of benzene rings is 1. The van der Waals surface area contributed by atoms with Crippen molar-refractivity contribution in [1.82, 2.24) is 20.6 Å². The summed E-state index contributed by atoms with van der Waals surface area (Å²) in [5.74, 6) is 0.539. The summed E-state index contributed by atoms with van der Waals surface area (Å²) in [5, 5.41) is 16.8. The lowest BCUT2D eigenvalue weighted by Crippen LogP contribution is -2.31. The first-order valence-electron chi connectivity index (χ1n) is 8.98. The summed E-state index contributed by atoms with van der Waals surface area (Å²) in [4.78, 5) is 12.3. The summed E-state index contributed by atoms with van der Waals surface area (Å²) >= 11 is 0. The maximum absolute atomic E-state index is 12.3. The number of amides is 1. The monoisotopic (exact) mass is 343 g/mol. The molecule has 1 heterocycles. The van der Waals surface area contributed by atoms with Gasteiger partial charge in [-0.15, -0.1) is 10.2 Å². The normalized spacial score (nSPS) is 17.0. The second-order valence-corrected chi connectivity index (χ2v) is 6.58. The molecule has 0 unspecified atom stereocenters. The lowest BCUT2D eigenvalue weighted by molar-refractivity contribution is -0.130. The van der Waals surface area contributed by atoms with Gasteiger partial charge in [-0.25, -0.2) is 0 Å². The molecular weight excluding hydrogens is 318 g/mol. The van der Waals surface area contributed by atoms with Crippen LogP contribution in [0.15, 0.2) is 24.3 Å². The highest BCUT2D eigenvalue weighted by atomic mass is 16.5. The average molecular weight is 343 g/mol. The van der Waals surface area contributed by atoms with Crippen LogP contribution in [0.2, 0.25) is 0 Å². The van der Waals surface area contributed by atoms with E-state index in [1.54, 1.807) is 0 Å². The molecule has 1 saturated carbocycles. The van der Waals surface area contributed by atoms with Crippen LogP contribution in [0.5, 0.6) is 0 Å². The van der Waals surface area contributed by atoms with Gasteiger partial charge in [0, 0.05) is 12.1 Å². The van der Waals surface area contributed by atoms with Crippen molar-refractivity contribution in [2.75, 3.05) is 5.32 Å². The van der Waals surface area contributed by atoms with E-state index >= 15 is 0 Å². The second kappa shape index (κ2) is 8.71. The highest BCUT2D eigenvalue weighted by molar-refractivity contribution is 5.93. The zero-order valence-corrected chi connectivity index (χ0v) is 14.6. The zero-order chi connectivity index (χ0) is 17.5. The number of hydrogen-bond donors (Lipinski definition) is 2. The van der Waals surface area contributed by atoms with Crippen LogP contribution in [-0.2, 0) is 16.0 Å². The molecule has 1 atom stereocenters. The van der Waals surface area contributed by atoms with E-state index in [4.69, 9.17) is 4.74 Å². The molecular formula is C18H25N5O2. The number of ether oxygens (including phenoxy) is 1. The molecule has 1 aromatic heterocycles. The molecule has 2 N–H and O–H groups in total. The molecule has 0 bridgehead atoms. The Labute approximate surface area is 147 Å². The molecule has 7 nitrogen and oxygen atoms in total. The Hall–Kier alpha value is -2.28. The summed E-state index contributed by atoms with van der Waals surface area (Å²) in [6.07, 6.45) is 7.42. The van der Waals surface area contributed by atoms with E-state index in [0.717, 1.165) is 24.1 Å². The molecule has 1 fully saturated rings. The molecule has 1 amide bonds. The molecule has 134 valence electrons. The molecule has 1 aromatic carbocycles. The number of aromatic nitrogens is 4. The van der Waals surface area contributed by atoms with Gasteiger partial charge in [-0.3, -0.25) is 4.79 Å². The number of tetrazole rings is 1. The van der Waals surface area contributed by atoms with Crippen molar-refractivity contribution in [1.29, 1.82) is 0 Å². The van der Waals surface area contributed by atoms with Crippen molar-refractivity contribution in [3.63, 3.8) is 0 Å². The van der Waals surface area contributed by atoms with Crippen LogP contribution in [0.3, 0.4) is 0 Å². The molecule has 2 aromatic rings. The minimum absolute atomic E-state index is 0.102. The Kier molecular flexibility index (Phi) is 6.11. The fraction of sp³-hybridized carbons (Fsp3) is 0.556. The highest BCUT2D eigenvalue weighted by Gasteiger charge is 2.20. The van der Waals surface area contributed by atoms with Gasteiger partial charge in [-0.05, 0) is 37.5 Å². The molecule has 3 rings (SSSR count). The summed E-state index contributed by atoms with van der Waals surface area (Å²) in [7, 11) is 0. The molecule has 25 heavy (non-hydrogen) atoms. The minimum atomic E-state index is -0.442. The molecule has 0 aliphatic heterocycles. The van der Waals surface area contributed by atoms with Gasteiger partial charge in [-0.1, -0.05) is 43.0 Å². The van der Waals surface area contributed by atoms with E-state index in [9.17, 15) is 4.79 Å². The van der Waals surface area contributed by atoms with E-state index in [2.05, 4.69) is 25.9 Å². The van der Waals surface area contributed by atoms with Gasteiger partial charge in [0.05, 0.1) is 6.10 Å². The van der Waals surface area contributed by atoms with Crippen molar-refractivity contribution < 1.29 is 9.53 Å². The van der Waals surface area contributed by atoms with Crippen LogP contribution in [-0.4, -0.2) is 38.7 Å². The van der Waals surface area contributed by atoms with Crippen LogP contribution in [0.25, 0.3) is 0 Å². The lowest BCUT2D eigenvalue weighted by Gasteiger charge is -2.20. The molecule has 1 aliphatic rings. The number of nitrogens with zero attached hydrogens (tertiary/aromatic N) is 3. The first-order chi connectivity index (χ1) is 12.2. The summed E-state index contributed by atoms with van der Waals surface area (Å²) in [6, 6.07) is 7.66. The molecule has 7 heteroatoms. The SMILES string of the molecule is C[C@H](OC1CCCCCC1)C(=O)Nc1ccc(Cc2nn[nH]n2)cc1. The zero-order valence-electron chi connectivity index (χ0n) is 14.6. The van der Waals surface area contributed by atoms with Crippen LogP contribution in [0, 0.1) is 0 Å². The van der Waals surface area contributed by atoms with Gasteiger partial charge >= 0.3 is 0 Å². The summed E-state index contributed by atoms with van der Waals surface area (Å²) < 4.78 is 5.96. The van der Waals surface area contributed by atoms with Crippen LogP contribution < -0.4 is 5.32 Å². The Bertz CT molecular complexity index is 649. The van der Waals surface area contributed by atoms with Gasteiger partial charge < -0.3 is 10.1 Å². The Morgan fingerprint density at radius 3 is 2.60 bits per heavy atom. The first kappa shape index (κ1) is 17.5. The van der Waals surface area contributed by atoms with Crippen molar-refractivity contribution >= 4 is 11.6 Å². The summed E-state index contributed by atoms with van der Waals surface area (Å²) in [5.41, 5.74) is 1.82. The lowest BCUT2D eigenvalue weighted by atomic mass is 10.1. The van der Waals surface area contributed by atoms with Gasteiger partial charge in [0.15, 0.2) is 5.82 Å². The van der Waals surface area contributed by atoms with E-state index in [0.29, 0.717) is 12.2 Å². The number of carbonyl (C=O) groups excluding carboxylic acids is 1. The fourth-order valence-electron chi connectivity index (χ4n) is 3.12. The minimum Gasteiger partial charge on any atom is -0.365 e. The van der Waals surface area contributed by atoms with Gasteiger partial charge in [0.25, 0.3) is 5.91 Å². The standard InChI is InChI=1S/C18H25N5O2/c1-13(25-16-6-4-2-3-5-7-16)18(24)19-15-10-8-14(9-11-15)12-17-20-22-23-21-17/h8-11,13,16H,2-7,12H2,1H3,(H,19,24)(H,20,21,22,23)/t13-/m0/s1. The molecule has 0 saturated heterocycles. The molecule has 0 spiro atoms. The second-order valence-electron chi connectivity index (χ2n) is 6.58. The largest absolute Gasteiger partial charge is 0.365 e. The Morgan fingerprint density at radius 1 is 1.24 bits per heavy atom. The maximum Gasteiger partial charge on any atom is 0.253 e. The third-order valence-corrected chi connectivity index (χ3v) is 4.54. The average Bonchev–Trinajstić information content (AvgIpc) is 2.99. The van der Waals surface area contributed by atoms with Crippen molar-refractivity contribution in [3.05, 3.63) is 35.7 Å². The highest BCUT2D eigenvalue weighted by Crippen LogP contribution is 2.21. The smallest absolute Gasteiger partial charge is 0.253 e. The van der Waals surface area contributed by atoms with E-state index in [-0.39, 0.29) is 12.0 Å². The Balaban J connectivity index is 1.49. The number of rotatable bonds is 6. The van der Waals surface area contributed by atoms with Crippen molar-refractivity contribution in [2.45, 2.75) is 64.1 Å². The van der Waals surface area contributed by atoms with Gasteiger partial charge in [0.2, 0.25) is 0 Å². The number of aromatic amines is 1. The predicted molar refractivity (Wildman–Crippen MR) is 94.1 cm³/mol. The van der Waals surface area contributed by atoms with Crippen molar-refractivity contribution in [2.24, 2.45) is 0 Å². The van der Waals surface area contributed by atoms with Crippen LogP contribution in [0.4, 0.5) is 5.69 Å². The third-order valence-electron chi connectivity index (χ3n) is 4.54. The van der Waals surface area contributed by atoms with E-state index < -0.39 is 6.10 Å². The van der Waals surface area contributed by atoms with E-state index in [1.165, 1.54) is 25.7 Å². The van der Waals surface area contributed by atoms with Gasteiger partial charge in [-0.2, -0.15) is 5.21 Å².